The van der Waals surface area contributed by atoms with Crippen LogP contribution in [0.15, 0.2) is 73.4 Å². The van der Waals surface area contributed by atoms with Crippen LogP contribution in [0.3, 0.4) is 0 Å². The Kier molecular flexibility index (Phi) is 8.49. The van der Waals surface area contributed by atoms with Gasteiger partial charge in [-0.15, -0.1) is 0 Å². The Morgan fingerprint density at radius 1 is 1.11 bits per heavy atom. The first kappa shape index (κ1) is 26.4. The summed E-state index contributed by atoms with van der Waals surface area (Å²) in [5.41, 5.74) is 2.01. The predicted molar refractivity (Wildman–Crippen MR) is 152 cm³/mol. The lowest BCUT2D eigenvalue weighted by molar-refractivity contribution is 0.267. The molecule has 1 heterocycles. The van der Waals surface area contributed by atoms with Crippen molar-refractivity contribution < 1.29 is 9.47 Å². The lowest BCUT2D eigenvalue weighted by Crippen LogP contribution is -2.23. The Bertz CT molecular complexity index is 1500. The normalized spacial score (nSPS) is 11.5. The van der Waals surface area contributed by atoms with Crippen LogP contribution < -0.4 is 15.0 Å². The van der Waals surface area contributed by atoms with Crippen molar-refractivity contribution in [1.82, 2.24) is 9.66 Å². The minimum Gasteiger partial charge on any atom is -0.490 e. The number of ether oxygens (including phenoxy) is 2. The minimum atomic E-state index is -0.231. The van der Waals surface area contributed by atoms with Gasteiger partial charge in [0.2, 0.25) is 0 Å². The molecule has 0 radical (unpaired) electrons. The van der Waals surface area contributed by atoms with Gasteiger partial charge in [-0.05, 0) is 64.8 Å². The van der Waals surface area contributed by atoms with Crippen molar-refractivity contribution in [3.05, 3.63) is 95.9 Å². The second-order valence-corrected chi connectivity index (χ2v) is 10.5. The van der Waals surface area contributed by atoms with Gasteiger partial charge in [-0.2, -0.15) is 9.78 Å². The lowest BCUT2D eigenvalue weighted by Gasteiger charge is -2.15. The number of aromatic nitrogens is 2. The van der Waals surface area contributed by atoms with Crippen molar-refractivity contribution in [2.75, 3.05) is 6.61 Å². The molecule has 0 spiro atoms. The van der Waals surface area contributed by atoms with Crippen molar-refractivity contribution in [3.63, 3.8) is 0 Å². The maximum atomic E-state index is 13.3. The maximum Gasteiger partial charge on any atom is 0.282 e. The molecule has 1 aromatic heterocycles. The van der Waals surface area contributed by atoms with Crippen LogP contribution in [-0.4, -0.2) is 22.5 Å². The van der Waals surface area contributed by atoms with Crippen LogP contribution in [-0.2, 0) is 6.61 Å². The number of hydrogen-bond acceptors (Lipinski definition) is 5. The molecule has 0 unspecified atom stereocenters. The first-order valence-electron chi connectivity index (χ1n) is 11.4. The van der Waals surface area contributed by atoms with E-state index in [1.807, 2.05) is 69.3 Å². The highest BCUT2D eigenvalue weighted by atomic mass is 79.9. The molecule has 0 aliphatic carbocycles. The number of benzene rings is 3. The highest BCUT2D eigenvalue weighted by Gasteiger charge is 2.15. The fraction of sp³-hybridized carbons (Fsp3) is 0.222. The maximum absolute atomic E-state index is 13.3. The topological polar surface area (TPSA) is 65.7 Å². The van der Waals surface area contributed by atoms with E-state index in [0.717, 1.165) is 15.6 Å². The summed E-state index contributed by atoms with van der Waals surface area (Å²) in [5.74, 6) is 1.69. The molecule has 9 heteroatoms. The van der Waals surface area contributed by atoms with E-state index in [1.54, 1.807) is 12.3 Å². The Hall–Kier alpha value is -2.68. The number of fused-ring (bicyclic) bond motifs is 1. The van der Waals surface area contributed by atoms with Crippen molar-refractivity contribution in [2.45, 2.75) is 33.3 Å². The molecule has 0 bridgehead atoms. The molecule has 3 aromatic carbocycles. The van der Waals surface area contributed by atoms with E-state index in [4.69, 9.17) is 26.1 Å². The molecule has 4 aromatic rings. The van der Waals surface area contributed by atoms with Gasteiger partial charge in [-0.25, -0.2) is 4.98 Å². The third-order valence-electron chi connectivity index (χ3n) is 5.33. The predicted octanol–water partition coefficient (Wildman–Crippen LogP) is 7.56. The minimum absolute atomic E-state index is 0.00537. The molecule has 0 N–H and O–H groups in total. The zero-order valence-corrected chi connectivity index (χ0v) is 23.9. The summed E-state index contributed by atoms with van der Waals surface area (Å²) in [6.07, 6.45) is 1.61. The first-order chi connectivity index (χ1) is 17.3. The third kappa shape index (κ3) is 5.82. The van der Waals surface area contributed by atoms with Crippen LogP contribution in [0.2, 0.25) is 5.02 Å². The molecule has 0 saturated carbocycles. The summed E-state index contributed by atoms with van der Waals surface area (Å²) < 4.78 is 14.8. The number of hydrogen-bond donors (Lipinski definition) is 0. The van der Waals surface area contributed by atoms with Gasteiger partial charge in [0.15, 0.2) is 11.5 Å². The molecular weight excluding hydrogens is 610 g/mol. The molecule has 0 atom stereocenters. The van der Waals surface area contributed by atoms with Crippen LogP contribution in [0.5, 0.6) is 11.5 Å². The van der Waals surface area contributed by atoms with Crippen LogP contribution in [0.1, 0.15) is 43.6 Å². The van der Waals surface area contributed by atoms with Crippen molar-refractivity contribution in [1.29, 1.82) is 0 Å². The fourth-order valence-electron chi connectivity index (χ4n) is 3.61. The van der Waals surface area contributed by atoms with Gasteiger partial charge < -0.3 is 9.47 Å². The van der Waals surface area contributed by atoms with E-state index in [9.17, 15) is 4.79 Å². The van der Waals surface area contributed by atoms with E-state index in [1.165, 1.54) is 4.68 Å². The van der Waals surface area contributed by atoms with Crippen molar-refractivity contribution in [2.24, 2.45) is 5.10 Å². The first-order valence-corrected chi connectivity index (χ1v) is 13.3. The number of nitrogens with zero attached hydrogens (tertiary/aromatic N) is 3. The molecule has 6 nitrogen and oxygen atoms in total. The van der Waals surface area contributed by atoms with Gasteiger partial charge in [-0.3, -0.25) is 4.79 Å². The molecule has 4 rings (SSSR count). The van der Waals surface area contributed by atoms with Crippen LogP contribution >= 0.6 is 43.5 Å². The van der Waals surface area contributed by atoms with Crippen LogP contribution in [0, 0.1) is 0 Å². The Morgan fingerprint density at radius 2 is 1.89 bits per heavy atom. The Labute approximate surface area is 231 Å². The summed E-state index contributed by atoms with van der Waals surface area (Å²) >= 11 is 13.3. The van der Waals surface area contributed by atoms with E-state index in [-0.39, 0.29) is 18.1 Å². The zero-order valence-electron chi connectivity index (χ0n) is 20.0. The van der Waals surface area contributed by atoms with E-state index in [0.29, 0.717) is 44.3 Å². The summed E-state index contributed by atoms with van der Waals surface area (Å²) in [5, 5.41) is 5.65. The summed E-state index contributed by atoms with van der Waals surface area (Å²) in [6.45, 7) is 6.60. The standard InChI is InChI=1S/C27H24Br2ClN3O3/c1-4-35-24-12-17(11-21(29)25(24)36-15-18-7-5-6-8-22(18)30)14-31-33-26(16(2)3)32-23-10-9-19(28)13-20(23)27(33)34/h5-14,16H,4,15H2,1-3H3. The van der Waals surface area contributed by atoms with Gasteiger partial charge in [0, 0.05) is 21.0 Å². The van der Waals surface area contributed by atoms with Crippen molar-refractivity contribution in [3.8, 4) is 11.5 Å². The molecule has 0 amide bonds. The molecule has 36 heavy (non-hydrogen) atoms. The largest absolute Gasteiger partial charge is 0.490 e. The smallest absolute Gasteiger partial charge is 0.282 e. The van der Waals surface area contributed by atoms with Gasteiger partial charge in [-0.1, -0.05) is 59.6 Å². The lowest BCUT2D eigenvalue weighted by atomic mass is 10.2. The molecule has 0 saturated heterocycles. The molecular formula is C27H24Br2ClN3O3. The van der Waals surface area contributed by atoms with E-state index in [2.05, 4.69) is 37.0 Å². The molecule has 0 aliphatic rings. The van der Waals surface area contributed by atoms with Crippen LogP contribution in [0.25, 0.3) is 10.9 Å². The van der Waals surface area contributed by atoms with Gasteiger partial charge in [0.1, 0.15) is 12.4 Å². The SMILES string of the molecule is CCOc1cc(C=Nn2c(C(C)C)nc3ccc(Br)cc3c2=O)cc(Br)c1OCc1ccccc1Cl. The summed E-state index contributed by atoms with van der Waals surface area (Å²) in [7, 11) is 0. The highest BCUT2D eigenvalue weighted by molar-refractivity contribution is 9.10. The molecule has 0 fully saturated rings. The highest BCUT2D eigenvalue weighted by Crippen LogP contribution is 2.37. The molecule has 186 valence electrons. The van der Waals surface area contributed by atoms with E-state index < -0.39 is 0 Å². The van der Waals surface area contributed by atoms with Crippen LogP contribution in [0.4, 0.5) is 0 Å². The average molecular weight is 634 g/mol. The second kappa shape index (κ2) is 11.6. The zero-order chi connectivity index (χ0) is 25.8. The average Bonchev–Trinajstić information content (AvgIpc) is 2.84. The van der Waals surface area contributed by atoms with E-state index >= 15 is 0 Å². The summed E-state index contributed by atoms with van der Waals surface area (Å²) in [4.78, 5) is 18.0. The number of rotatable bonds is 8. The van der Waals surface area contributed by atoms with Gasteiger partial charge >= 0.3 is 0 Å². The van der Waals surface area contributed by atoms with Gasteiger partial charge in [0.05, 0.1) is 28.2 Å². The quantitative estimate of drug-likeness (QED) is 0.188. The van der Waals surface area contributed by atoms with Gasteiger partial charge in [0.25, 0.3) is 5.56 Å². The monoisotopic (exact) mass is 631 g/mol. The fourth-order valence-corrected chi connectivity index (χ4v) is 4.73. The summed E-state index contributed by atoms with van der Waals surface area (Å²) in [6, 6.07) is 16.7. The third-order valence-corrected chi connectivity index (χ3v) is 6.78. The number of halogens is 3. The second-order valence-electron chi connectivity index (χ2n) is 8.29. The molecule has 0 aliphatic heterocycles. The Balaban J connectivity index is 1.71. The van der Waals surface area contributed by atoms with Crippen molar-refractivity contribution >= 4 is 60.6 Å². The Morgan fingerprint density at radius 3 is 2.61 bits per heavy atom.